The molecule has 0 aliphatic rings. The molecule has 0 rings (SSSR count). The maximum Gasteiger partial charge on any atom is 0.365 e. The number of alkyl halides is 3. The van der Waals surface area contributed by atoms with Crippen molar-refractivity contribution in [3.8, 4) is 0 Å². The van der Waals surface area contributed by atoms with E-state index in [9.17, 15) is 9.18 Å². The molecule has 0 saturated heterocycles. The van der Waals surface area contributed by atoms with Gasteiger partial charge in [0.15, 0.2) is 0 Å². The topological polar surface area (TPSA) is 26.3 Å². The van der Waals surface area contributed by atoms with Crippen LogP contribution in [0.15, 0.2) is 0 Å². The van der Waals surface area contributed by atoms with Crippen LogP contribution >= 0.6 is 38.5 Å². The van der Waals surface area contributed by atoms with Crippen LogP contribution in [0.1, 0.15) is 6.92 Å². The lowest BCUT2D eigenvalue weighted by atomic mass is 10.7. The Morgan fingerprint density at radius 1 is 2.00 bits per heavy atom. The number of carbonyl (C=O) groups excluding carboxylic acids is 1. The van der Waals surface area contributed by atoms with Crippen LogP contribution in [0.2, 0.25) is 0 Å². The third-order valence-corrected chi connectivity index (χ3v) is 1.27. The Balaban J connectivity index is 3.74. The summed E-state index contributed by atoms with van der Waals surface area (Å²) >= 11 is 3.79. The first-order chi connectivity index (χ1) is 3.98. The van der Waals surface area contributed by atoms with Crippen LogP contribution < -0.4 is 0 Å². The molecule has 0 aromatic heterocycles. The second-order valence-corrected chi connectivity index (χ2v) is 5.28. The molecule has 2 nitrogen and oxygen atoms in total. The van der Waals surface area contributed by atoms with Gasteiger partial charge in [0, 0.05) is 0 Å². The van der Waals surface area contributed by atoms with Crippen molar-refractivity contribution in [2.75, 3.05) is 6.61 Å². The van der Waals surface area contributed by atoms with Crippen LogP contribution in [0, 0.1) is 0 Å². The Morgan fingerprint density at radius 2 is 2.44 bits per heavy atom. The van der Waals surface area contributed by atoms with Crippen LogP contribution in [0.25, 0.3) is 0 Å². The van der Waals surface area contributed by atoms with E-state index in [1.807, 2.05) is 0 Å². The Morgan fingerprint density at radius 3 is 2.56 bits per heavy atom. The zero-order chi connectivity index (χ0) is 7.49. The smallest absolute Gasteiger partial charge is 0.365 e. The van der Waals surface area contributed by atoms with E-state index in [4.69, 9.17) is 0 Å². The summed E-state index contributed by atoms with van der Waals surface area (Å²) in [6.45, 7) is 1.81. The zero-order valence-corrected chi connectivity index (χ0v) is 8.40. The molecule has 1 unspecified atom stereocenters. The summed E-state index contributed by atoms with van der Waals surface area (Å²) in [5.41, 5.74) is 0. The molecule has 9 heavy (non-hydrogen) atoms. The molecule has 0 radical (unpaired) electrons. The number of carbonyl (C=O) groups is 1. The van der Waals surface area contributed by atoms with Crippen LogP contribution in [-0.4, -0.2) is 15.2 Å². The highest BCUT2D eigenvalue weighted by Gasteiger charge is 2.32. The van der Waals surface area contributed by atoms with Crippen molar-refractivity contribution in [3.63, 3.8) is 0 Å². The van der Waals surface area contributed by atoms with Gasteiger partial charge in [-0.25, -0.2) is 9.18 Å². The standard InChI is InChI=1S/C4H5BrFIO2/c1-2-9-3(8)4(5,6)7/h2H2,1H3. The van der Waals surface area contributed by atoms with Gasteiger partial charge in [0.25, 0.3) is 0 Å². The molecule has 5 heteroatoms. The van der Waals surface area contributed by atoms with Crippen molar-refractivity contribution < 1.29 is 13.9 Å². The minimum absolute atomic E-state index is 0.194. The summed E-state index contributed by atoms with van der Waals surface area (Å²) in [7, 11) is 0. The maximum atomic E-state index is 12.4. The molecule has 0 saturated carbocycles. The first kappa shape index (κ1) is 9.61. The minimum Gasteiger partial charge on any atom is -0.462 e. The van der Waals surface area contributed by atoms with Crippen LogP contribution in [0.5, 0.6) is 0 Å². The Bertz CT molecular complexity index is 112. The lowest BCUT2D eigenvalue weighted by molar-refractivity contribution is -0.145. The zero-order valence-electron chi connectivity index (χ0n) is 4.66. The van der Waals surface area contributed by atoms with E-state index < -0.39 is 8.55 Å². The summed E-state index contributed by atoms with van der Waals surface area (Å²) in [6, 6.07) is 0. The van der Waals surface area contributed by atoms with Gasteiger partial charge >= 0.3 is 8.55 Å². The van der Waals surface area contributed by atoms with Gasteiger partial charge in [0.1, 0.15) is 0 Å². The lowest BCUT2D eigenvalue weighted by Gasteiger charge is -2.07. The van der Waals surface area contributed by atoms with E-state index in [1.165, 1.54) is 22.6 Å². The van der Waals surface area contributed by atoms with Gasteiger partial charge < -0.3 is 4.74 Å². The number of hydrogen-bond donors (Lipinski definition) is 0. The van der Waals surface area contributed by atoms with Gasteiger partial charge in [-0.2, -0.15) is 0 Å². The molecule has 0 aliphatic carbocycles. The van der Waals surface area contributed by atoms with E-state index >= 15 is 0 Å². The fourth-order valence-corrected chi connectivity index (χ4v) is 0.483. The monoisotopic (exact) mass is 310 g/mol. The number of esters is 1. The van der Waals surface area contributed by atoms with Gasteiger partial charge in [-0.1, -0.05) is 0 Å². The molecule has 54 valence electrons. The van der Waals surface area contributed by atoms with E-state index in [0.717, 1.165) is 0 Å². The maximum absolute atomic E-state index is 12.4. The van der Waals surface area contributed by atoms with Gasteiger partial charge in [-0.15, -0.1) is 0 Å². The molecule has 1 atom stereocenters. The first-order valence-corrected chi connectivity index (χ1v) is 4.09. The number of halogens is 3. The molecular formula is C4H5BrFIO2. The highest BCUT2D eigenvalue weighted by molar-refractivity contribution is 14.1. The largest absolute Gasteiger partial charge is 0.462 e. The summed E-state index contributed by atoms with van der Waals surface area (Å²) < 4.78 is 14.7. The summed E-state index contributed by atoms with van der Waals surface area (Å²) in [6.07, 6.45) is 0. The number of hydrogen-bond acceptors (Lipinski definition) is 2. The Hall–Kier alpha value is 0.610. The molecule has 0 aromatic rings. The second-order valence-electron chi connectivity index (χ2n) is 1.22. The fraction of sp³-hybridized carbons (Fsp3) is 0.750. The SMILES string of the molecule is CCOC(=O)C(F)(Br)I. The van der Waals surface area contributed by atoms with E-state index in [-0.39, 0.29) is 6.61 Å². The number of ether oxygens (including phenoxy) is 1. The predicted molar refractivity (Wildman–Crippen MR) is 43.4 cm³/mol. The molecule has 0 fully saturated rings. The van der Waals surface area contributed by atoms with Gasteiger partial charge in [-0.3, -0.25) is 0 Å². The predicted octanol–water partition coefficient (Wildman–Crippen LogP) is 2.00. The molecular weight excluding hydrogens is 306 g/mol. The minimum atomic E-state index is -2.07. The Kier molecular flexibility index (Phi) is 3.95. The van der Waals surface area contributed by atoms with Crippen molar-refractivity contribution in [2.45, 2.75) is 9.51 Å². The first-order valence-electron chi connectivity index (χ1n) is 2.22. The van der Waals surface area contributed by atoms with Crippen LogP contribution in [-0.2, 0) is 9.53 Å². The molecule has 0 aromatic carbocycles. The van der Waals surface area contributed by atoms with E-state index in [2.05, 4.69) is 20.7 Å². The average Bonchev–Trinajstić information content (AvgIpc) is 1.64. The normalized spacial score (nSPS) is 16.4. The van der Waals surface area contributed by atoms with Crippen molar-refractivity contribution in [1.82, 2.24) is 0 Å². The van der Waals surface area contributed by atoms with E-state index in [0.29, 0.717) is 0 Å². The van der Waals surface area contributed by atoms with Gasteiger partial charge in [-0.05, 0) is 45.4 Å². The Labute approximate surface area is 74.4 Å². The molecule has 0 spiro atoms. The third-order valence-electron chi connectivity index (χ3n) is 0.507. The summed E-state index contributed by atoms with van der Waals surface area (Å²) in [5, 5.41) is 0. The van der Waals surface area contributed by atoms with Crippen molar-refractivity contribution in [1.29, 1.82) is 0 Å². The average molecular weight is 311 g/mol. The third kappa shape index (κ3) is 4.07. The van der Waals surface area contributed by atoms with Gasteiger partial charge in [0.05, 0.1) is 6.61 Å². The molecule has 0 bridgehead atoms. The molecule has 0 amide bonds. The van der Waals surface area contributed by atoms with Crippen molar-refractivity contribution in [3.05, 3.63) is 0 Å². The van der Waals surface area contributed by atoms with E-state index in [1.54, 1.807) is 6.92 Å². The highest BCUT2D eigenvalue weighted by Crippen LogP contribution is 2.29. The highest BCUT2D eigenvalue weighted by atomic mass is 127. The summed E-state index contributed by atoms with van der Waals surface area (Å²) in [4.78, 5) is 10.4. The van der Waals surface area contributed by atoms with Crippen molar-refractivity contribution in [2.24, 2.45) is 0 Å². The lowest BCUT2D eigenvalue weighted by Crippen LogP contribution is -2.21. The number of rotatable bonds is 2. The molecule has 0 aliphatic heterocycles. The van der Waals surface area contributed by atoms with Crippen molar-refractivity contribution >= 4 is 44.5 Å². The fourth-order valence-electron chi connectivity index (χ4n) is 0.213. The van der Waals surface area contributed by atoms with Crippen LogP contribution in [0.3, 0.4) is 0 Å². The summed E-state index contributed by atoms with van der Waals surface area (Å²) in [5.74, 6) is -0.898. The van der Waals surface area contributed by atoms with Gasteiger partial charge in [0.2, 0.25) is 0 Å². The second kappa shape index (κ2) is 3.70. The molecule has 0 N–H and O–H groups in total. The quantitative estimate of drug-likeness (QED) is 0.443. The van der Waals surface area contributed by atoms with Crippen LogP contribution in [0.4, 0.5) is 4.39 Å². The molecule has 0 heterocycles.